The Morgan fingerprint density at radius 3 is 3.04 bits per heavy atom. The second-order valence-corrected chi connectivity index (χ2v) is 6.69. The Bertz CT molecular complexity index is 760. The molecule has 1 aromatic heterocycles. The molecule has 0 aliphatic carbocycles. The van der Waals surface area contributed by atoms with E-state index in [9.17, 15) is 4.79 Å². The van der Waals surface area contributed by atoms with Crippen LogP contribution in [0.1, 0.15) is 40.3 Å². The average molecular weight is 340 g/mol. The number of amides is 1. The number of fused-ring (bicyclic) bond motifs is 2. The normalized spacial score (nSPS) is 17.2. The summed E-state index contributed by atoms with van der Waals surface area (Å²) in [6.45, 7) is 3.92. The summed E-state index contributed by atoms with van der Waals surface area (Å²) in [4.78, 5) is 19.5. The van der Waals surface area contributed by atoms with E-state index in [1.54, 1.807) is 7.11 Å². The van der Waals surface area contributed by atoms with E-state index in [4.69, 9.17) is 4.74 Å². The van der Waals surface area contributed by atoms with Crippen LogP contribution in [0.15, 0.2) is 24.4 Å². The fourth-order valence-electron chi connectivity index (χ4n) is 3.75. The third-order valence-corrected chi connectivity index (χ3v) is 5.09. The molecule has 1 N–H and O–H groups in total. The molecule has 0 bridgehead atoms. The Hall–Kier alpha value is -2.34. The van der Waals surface area contributed by atoms with E-state index in [1.807, 2.05) is 23.2 Å². The van der Waals surface area contributed by atoms with Gasteiger partial charge in [-0.25, -0.2) is 4.98 Å². The van der Waals surface area contributed by atoms with Gasteiger partial charge >= 0.3 is 0 Å². The molecule has 0 spiro atoms. The lowest BCUT2D eigenvalue weighted by molar-refractivity contribution is 0.0731. The second kappa shape index (κ2) is 6.88. The Morgan fingerprint density at radius 2 is 2.20 bits per heavy atom. The zero-order valence-electron chi connectivity index (χ0n) is 14.6. The van der Waals surface area contributed by atoms with E-state index in [0.29, 0.717) is 12.2 Å². The number of carbonyl (C=O) groups excluding carboxylic acids is 1. The molecule has 0 saturated heterocycles. The van der Waals surface area contributed by atoms with Crippen LogP contribution in [0.25, 0.3) is 0 Å². The summed E-state index contributed by atoms with van der Waals surface area (Å²) in [5.74, 6) is 1.90. The average Bonchev–Trinajstić information content (AvgIpc) is 3.05. The number of carbonyl (C=O) groups is 1. The first-order chi connectivity index (χ1) is 12.3. The molecule has 6 nitrogen and oxygen atoms in total. The molecular weight excluding hydrogens is 316 g/mol. The molecule has 0 atom stereocenters. The van der Waals surface area contributed by atoms with Crippen LogP contribution < -0.4 is 10.1 Å². The van der Waals surface area contributed by atoms with Crippen molar-refractivity contribution >= 4 is 5.91 Å². The first-order valence-corrected chi connectivity index (χ1v) is 8.97. The van der Waals surface area contributed by atoms with E-state index in [-0.39, 0.29) is 5.91 Å². The monoisotopic (exact) mass is 340 g/mol. The molecule has 2 aliphatic heterocycles. The molecule has 1 amide bonds. The zero-order valence-corrected chi connectivity index (χ0v) is 14.6. The first-order valence-electron chi connectivity index (χ1n) is 8.97. The van der Waals surface area contributed by atoms with Gasteiger partial charge in [-0.15, -0.1) is 0 Å². The molecule has 0 radical (unpaired) electrons. The van der Waals surface area contributed by atoms with Crippen molar-refractivity contribution in [2.75, 3.05) is 20.2 Å². The predicted molar refractivity (Wildman–Crippen MR) is 94.6 cm³/mol. The summed E-state index contributed by atoms with van der Waals surface area (Å²) < 4.78 is 7.61. The van der Waals surface area contributed by atoms with Crippen molar-refractivity contribution in [3.05, 3.63) is 47.0 Å². The lowest BCUT2D eigenvalue weighted by atomic mass is 9.98. The highest BCUT2D eigenvalue weighted by molar-refractivity contribution is 5.92. The van der Waals surface area contributed by atoms with Crippen LogP contribution in [0.2, 0.25) is 0 Å². The minimum Gasteiger partial charge on any atom is -0.496 e. The van der Waals surface area contributed by atoms with Gasteiger partial charge < -0.3 is 19.5 Å². The SMILES string of the molecule is COc1cccc2c1CCCCN(C(=O)c1cn3c(n1)CNCC3)C2. The maximum Gasteiger partial charge on any atom is 0.274 e. The van der Waals surface area contributed by atoms with Gasteiger partial charge in [0.25, 0.3) is 5.91 Å². The summed E-state index contributed by atoms with van der Waals surface area (Å²) in [7, 11) is 1.71. The van der Waals surface area contributed by atoms with Crippen LogP contribution in [0.4, 0.5) is 0 Å². The summed E-state index contributed by atoms with van der Waals surface area (Å²) in [5, 5.41) is 3.29. The highest BCUT2D eigenvalue weighted by atomic mass is 16.5. The molecule has 1 aromatic carbocycles. The van der Waals surface area contributed by atoms with Gasteiger partial charge in [-0.3, -0.25) is 4.79 Å². The van der Waals surface area contributed by atoms with Crippen molar-refractivity contribution in [1.82, 2.24) is 19.8 Å². The fraction of sp³-hybridized carbons (Fsp3) is 0.474. The highest BCUT2D eigenvalue weighted by Gasteiger charge is 2.24. The molecule has 0 fully saturated rings. The number of methoxy groups -OCH3 is 1. The summed E-state index contributed by atoms with van der Waals surface area (Å²) >= 11 is 0. The Kier molecular flexibility index (Phi) is 4.44. The van der Waals surface area contributed by atoms with Gasteiger partial charge in [0.1, 0.15) is 17.3 Å². The van der Waals surface area contributed by atoms with Crippen LogP contribution in [0, 0.1) is 0 Å². The molecule has 4 rings (SSSR count). The van der Waals surface area contributed by atoms with Crippen LogP contribution in [-0.2, 0) is 26.1 Å². The van der Waals surface area contributed by atoms with E-state index >= 15 is 0 Å². The van der Waals surface area contributed by atoms with Crippen molar-refractivity contribution < 1.29 is 9.53 Å². The smallest absolute Gasteiger partial charge is 0.274 e. The quantitative estimate of drug-likeness (QED) is 0.908. The van der Waals surface area contributed by atoms with Crippen molar-refractivity contribution in [2.45, 2.75) is 38.9 Å². The first kappa shape index (κ1) is 16.1. The predicted octanol–water partition coefficient (Wildman–Crippen LogP) is 1.97. The zero-order chi connectivity index (χ0) is 17.2. The number of hydrogen-bond donors (Lipinski definition) is 1. The van der Waals surface area contributed by atoms with Crippen molar-refractivity contribution in [1.29, 1.82) is 0 Å². The maximum atomic E-state index is 13.0. The fourth-order valence-corrected chi connectivity index (χ4v) is 3.75. The maximum absolute atomic E-state index is 13.0. The van der Waals surface area contributed by atoms with Crippen LogP contribution in [0.3, 0.4) is 0 Å². The van der Waals surface area contributed by atoms with E-state index in [0.717, 1.165) is 57.0 Å². The minimum atomic E-state index is 0.0255. The summed E-state index contributed by atoms with van der Waals surface area (Å²) in [5.41, 5.74) is 2.97. The largest absolute Gasteiger partial charge is 0.496 e. The van der Waals surface area contributed by atoms with Crippen LogP contribution in [-0.4, -0.2) is 40.6 Å². The van der Waals surface area contributed by atoms with Crippen molar-refractivity contribution in [3.8, 4) is 5.75 Å². The van der Waals surface area contributed by atoms with Gasteiger partial charge in [0, 0.05) is 32.4 Å². The number of nitrogens with zero attached hydrogens (tertiary/aromatic N) is 3. The molecule has 0 saturated carbocycles. The number of aromatic nitrogens is 2. The second-order valence-electron chi connectivity index (χ2n) is 6.69. The van der Waals surface area contributed by atoms with E-state index in [1.165, 1.54) is 11.1 Å². The topological polar surface area (TPSA) is 59.4 Å². The van der Waals surface area contributed by atoms with Crippen molar-refractivity contribution in [3.63, 3.8) is 0 Å². The van der Waals surface area contributed by atoms with Gasteiger partial charge in [-0.2, -0.15) is 0 Å². The molecular formula is C19H24N4O2. The summed E-state index contributed by atoms with van der Waals surface area (Å²) in [6.07, 6.45) is 4.97. The molecule has 2 aromatic rings. The van der Waals surface area contributed by atoms with Gasteiger partial charge in [0.05, 0.1) is 13.7 Å². The Morgan fingerprint density at radius 1 is 1.28 bits per heavy atom. The highest BCUT2D eigenvalue weighted by Crippen LogP contribution is 2.27. The third-order valence-electron chi connectivity index (χ3n) is 5.09. The Balaban J connectivity index is 1.61. The molecule has 2 aliphatic rings. The van der Waals surface area contributed by atoms with E-state index < -0.39 is 0 Å². The lowest BCUT2D eigenvalue weighted by Crippen LogP contribution is -2.33. The van der Waals surface area contributed by atoms with Crippen LogP contribution >= 0.6 is 0 Å². The molecule has 132 valence electrons. The number of hydrogen-bond acceptors (Lipinski definition) is 4. The minimum absolute atomic E-state index is 0.0255. The molecule has 0 unspecified atom stereocenters. The number of imidazole rings is 1. The third kappa shape index (κ3) is 3.14. The van der Waals surface area contributed by atoms with Gasteiger partial charge in [-0.1, -0.05) is 12.1 Å². The number of nitrogens with one attached hydrogen (secondary N) is 1. The van der Waals surface area contributed by atoms with Gasteiger partial charge in [-0.05, 0) is 36.5 Å². The molecule has 3 heterocycles. The lowest BCUT2D eigenvalue weighted by Gasteiger charge is -2.26. The van der Waals surface area contributed by atoms with Gasteiger partial charge in [0.2, 0.25) is 0 Å². The van der Waals surface area contributed by atoms with Crippen molar-refractivity contribution in [2.24, 2.45) is 0 Å². The number of benzene rings is 1. The standard InChI is InChI=1S/C19H24N4O2/c1-25-17-7-4-5-14-12-23(9-3-2-6-15(14)17)19(24)16-13-22-10-8-20-11-18(22)21-16/h4-5,7,13,20H,2-3,6,8-12H2,1H3. The molecule has 6 heteroatoms. The summed E-state index contributed by atoms with van der Waals surface area (Å²) in [6, 6.07) is 6.11. The number of rotatable bonds is 2. The van der Waals surface area contributed by atoms with E-state index in [2.05, 4.69) is 20.9 Å². The Labute approximate surface area is 147 Å². The van der Waals surface area contributed by atoms with Gasteiger partial charge in [0.15, 0.2) is 0 Å². The molecule has 25 heavy (non-hydrogen) atoms. The van der Waals surface area contributed by atoms with Crippen LogP contribution in [0.5, 0.6) is 5.75 Å². The number of ether oxygens (including phenoxy) is 1.